The van der Waals surface area contributed by atoms with Gasteiger partial charge in [-0.2, -0.15) is 0 Å². The van der Waals surface area contributed by atoms with Crippen molar-refractivity contribution in [1.29, 1.82) is 0 Å². The first-order chi connectivity index (χ1) is 17.3. The van der Waals surface area contributed by atoms with Gasteiger partial charge in [-0.1, -0.05) is 35.9 Å². The molecule has 1 N–H and O–H groups in total. The number of para-hydroxylation sites is 2. The topological polar surface area (TPSA) is 80.2 Å². The maximum atomic E-state index is 12.7. The number of hydrogen-bond donors (Lipinski definition) is 1. The number of anilines is 1. The zero-order chi connectivity index (χ0) is 25.7. The van der Waals surface area contributed by atoms with Crippen LogP contribution in [0.15, 0.2) is 81.1 Å². The molecule has 184 valence electrons. The zero-order valence-electron chi connectivity index (χ0n) is 19.3. The van der Waals surface area contributed by atoms with Crippen LogP contribution in [-0.4, -0.2) is 42.6 Å². The van der Waals surface area contributed by atoms with E-state index in [1.54, 1.807) is 50.6 Å². The number of ether oxygens (including phenoxy) is 2. The largest absolute Gasteiger partial charge is 0.495 e. The van der Waals surface area contributed by atoms with E-state index in [1.165, 1.54) is 16.7 Å². The zero-order valence-corrected chi connectivity index (χ0v) is 22.5. The molecule has 3 aromatic carbocycles. The Kier molecular flexibility index (Phi) is 8.35. The third-order valence-corrected chi connectivity index (χ3v) is 7.35. The van der Waals surface area contributed by atoms with E-state index in [9.17, 15) is 9.59 Å². The number of nitrogens with one attached hydrogen (secondary N) is 1. The summed E-state index contributed by atoms with van der Waals surface area (Å²) >= 11 is 10.8. The summed E-state index contributed by atoms with van der Waals surface area (Å²) in [5.41, 5.74) is 2.05. The van der Waals surface area contributed by atoms with E-state index in [1.807, 2.05) is 36.4 Å². The Balaban J connectivity index is 1.38. The van der Waals surface area contributed by atoms with E-state index in [0.717, 1.165) is 10.0 Å². The standard InChI is InChI=1S/C26H21BrClN3O4S/c1-31-25(33)23(36-26(31)29-17-9-12-19(27)20(28)14-17)13-16-7-10-18(11-8-16)35-15-24(32)30-21-5-3-4-6-22(21)34-2/h3-14H,15H2,1-2H3,(H,30,32)/b23-13+,29-26?. The molecule has 0 radical (unpaired) electrons. The average molecular weight is 587 g/mol. The molecule has 0 unspecified atom stereocenters. The van der Waals surface area contributed by atoms with Gasteiger partial charge in [0.15, 0.2) is 11.8 Å². The molecule has 0 saturated carbocycles. The maximum Gasteiger partial charge on any atom is 0.266 e. The molecule has 7 nitrogen and oxygen atoms in total. The number of methoxy groups -OCH3 is 1. The first-order valence-corrected chi connectivity index (χ1v) is 12.7. The summed E-state index contributed by atoms with van der Waals surface area (Å²) < 4.78 is 11.6. The lowest BCUT2D eigenvalue weighted by Crippen LogP contribution is -2.23. The highest BCUT2D eigenvalue weighted by Gasteiger charge is 2.30. The highest BCUT2D eigenvalue weighted by atomic mass is 79.9. The van der Waals surface area contributed by atoms with Gasteiger partial charge in [-0.3, -0.25) is 14.5 Å². The van der Waals surface area contributed by atoms with E-state index >= 15 is 0 Å². The molecular weight excluding hydrogens is 566 g/mol. The fourth-order valence-corrected chi connectivity index (χ4v) is 4.62. The van der Waals surface area contributed by atoms with E-state index in [-0.39, 0.29) is 18.4 Å². The quantitative estimate of drug-likeness (QED) is 0.326. The van der Waals surface area contributed by atoms with Crippen molar-refractivity contribution in [2.75, 3.05) is 26.1 Å². The lowest BCUT2D eigenvalue weighted by atomic mass is 10.2. The van der Waals surface area contributed by atoms with Gasteiger partial charge in [0.05, 0.1) is 28.4 Å². The fourth-order valence-electron chi connectivity index (χ4n) is 3.21. The number of benzene rings is 3. The smallest absolute Gasteiger partial charge is 0.266 e. The third-order valence-electron chi connectivity index (χ3n) is 5.06. The van der Waals surface area contributed by atoms with Gasteiger partial charge in [-0.05, 0) is 81.8 Å². The molecule has 3 aromatic rings. The molecule has 36 heavy (non-hydrogen) atoms. The van der Waals surface area contributed by atoms with Crippen LogP contribution in [-0.2, 0) is 9.59 Å². The summed E-state index contributed by atoms with van der Waals surface area (Å²) in [6.07, 6.45) is 1.79. The Hall–Kier alpha value is -3.27. The average Bonchev–Trinajstić information content (AvgIpc) is 3.13. The minimum Gasteiger partial charge on any atom is -0.495 e. The van der Waals surface area contributed by atoms with Gasteiger partial charge in [0.2, 0.25) is 0 Å². The van der Waals surface area contributed by atoms with Crippen LogP contribution in [0.1, 0.15) is 5.56 Å². The maximum absolute atomic E-state index is 12.7. The van der Waals surface area contributed by atoms with Gasteiger partial charge >= 0.3 is 0 Å². The summed E-state index contributed by atoms with van der Waals surface area (Å²) in [6.45, 7) is -0.155. The van der Waals surface area contributed by atoms with E-state index in [2.05, 4.69) is 26.2 Å². The number of rotatable bonds is 7. The number of carbonyl (C=O) groups is 2. The second-order valence-corrected chi connectivity index (χ2v) is 9.84. The summed E-state index contributed by atoms with van der Waals surface area (Å²) in [4.78, 5) is 31.6. The molecule has 1 heterocycles. The number of likely N-dealkylation sites (N-methyl/N-ethyl adjacent to an activating group) is 1. The molecule has 0 aliphatic carbocycles. The van der Waals surface area contributed by atoms with Crippen molar-refractivity contribution in [3.8, 4) is 11.5 Å². The predicted molar refractivity (Wildman–Crippen MR) is 148 cm³/mol. The van der Waals surface area contributed by atoms with Crippen LogP contribution in [0.4, 0.5) is 11.4 Å². The third kappa shape index (κ3) is 6.29. The van der Waals surface area contributed by atoms with Gasteiger partial charge in [0.25, 0.3) is 11.8 Å². The molecule has 4 rings (SSSR count). The van der Waals surface area contributed by atoms with Crippen molar-refractivity contribution in [2.24, 2.45) is 4.99 Å². The summed E-state index contributed by atoms with van der Waals surface area (Å²) in [5.74, 6) is 0.655. The first kappa shape index (κ1) is 25.8. The Labute approximate surface area is 226 Å². The SMILES string of the molecule is COc1ccccc1NC(=O)COc1ccc(/C=C2/SC(=Nc3ccc(Br)c(Cl)c3)N(C)C2=O)cc1. The van der Waals surface area contributed by atoms with Crippen LogP contribution >= 0.6 is 39.3 Å². The molecule has 10 heteroatoms. The second kappa shape index (κ2) is 11.6. The van der Waals surface area contributed by atoms with Crippen molar-refractivity contribution in [2.45, 2.75) is 0 Å². The van der Waals surface area contributed by atoms with E-state index < -0.39 is 0 Å². The number of aliphatic imine (C=N–C) groups is 1. The van der Waals surface area contributed by atoms with E-state index in [4.69, 9.17) is 21.1 Å². The number of nitrogens with zero attached hydrogens (tertiary/aromatic N) is 2. The molecule has 1 saturated heterocycles. The Morgan fingerprint density at radius 3 is 2.64 bits per heavy atom. The Bertz CT molecular complexity index is 1360. The van der Waals surface area contributed by atoms with Crippen molar-refractivity contribution in [1.82, 2.24) is 4.90 Å². The number of amides is 2. The van der Waals surface area contributed by atoms with Crippen LogP contribution < -0.4 is 14.8 Å². The van der Waals surface area contributed by atoms with Crippen molar-refractivity contribution in [3.63, 3.8) is 0 Å². The van der Waals surface area contributed by atoms with Gasteiger partial charge in [-0.15, -0.1) is 0 Å². The van der Waals surface area contributed by atoms with Crippen LogP contribution in [0.5, 0.6) is 11.5 Å². The normalized spacial score (nSPS) is 15.4. The summed E-state index contributed by atoms with van der Waals surface area (Å²) in [7, 11) is 3.22. The van der Waals surface area contributed by atoms with Gasteiger partial charge < -0.3 is 14.8 Å². The number of amidine groups is 1. The van der Waals surface area contributed by atoms with E-state index in [0.29, 0.717) is 38.0 Å². The van der Waals surface area contributed by atoms with Crippen LogP contribution in [0, 0.1) is 0 Å². The van der Waals surface area contributed by atoms with Gasteiger partial charge in [0, 0.05) is 11.5 Å². The lowest BCUT2D eigenvalue weighted by molar-refractivity contribution is -0.121. The molecule has 0 bridgehead atoms. The Morgan fingerprint density at radius 2 is 1.92 bits per heavy atom. The number of carbonyl (C=O) groups excluding carboxylic acids is 2. The molecular formula is C26H21BrClN3O4S. The second-order valence-electron chi connectivity index (χ2n) is 7.57. The van der Waals surface area contributed by atoms with Gasteiger partial charge in [0.1, 0.15) is 11.5 Å². The summed E-state index contributed by atoms with van der Waals surface area (Å²) in [5, 5.41) is 3.87. The minimum absolute atomic E-state index is 0.143. The minimum atomic E-state index is -0.305. The number of halogens is 2. The highest BCUT2D eigenvalue weighted by molar-refractivity contribution is 9.10. The molecule has 0 atom stereocenters. The molecule has 1 fully saturated rings. The van der Waals surface area contributed by atoms with Crippen LogP contribution in [0.2, 0.25) is 5.02 Å². The monoisotopic (exact) mass is 585 g/mol. The van der Waals surface area contributed by atoms with Crippen LogP contribution in [0.3, 0.4) is 0 Å². The number of thioether (sulfide) groups is 1. The number of hydrogen-bond acceptors (Lipinski definition) is 6. The Morgan fingerprint density at radius 1 is 1.17 bits per heavy atom. The fraction of sp³-hybridized carbons (Fsp3) is 0.115. The highest BCUT2D eigenvalue weighted by Crippen LogP contribution is 2.34. The molecule has 1 aliphatic heterocycles. The molecule has 1 aliphatic rings. The van der Waals surface area contributed by atoms with Crippen molar-refractivity contribution < 1.29 is 19.1 Å². The summed E-state index contributed by atoms with van der Waals surface area (Å²) in [6, 6.07) is 19.6. The molecule has 2 amide bonds. The van der Waals surface area contributed by atoms with Crippen molar-refractivity contribution in [3.05, 3.63) is 86.7 Å². The van der Waals surface area contributed by atoms with Gasteiger partial charge in [-0.25, -0.2) is 4.99 Å². The molecule has 0 aromatic heterocycles. The predicted octanol–water partition coefficient (Wildman–Crippen LogP) is 6.36. The van der Waals surface area contributed by atoms with Crippen molar-refractivity contribution >= 4 is 73.7 Å². The lowest BCUT2D eigenvalue weighted by Gasteiger charge is -2.10. The van der Waals surface area contributed by atoms with Crippen LogP contribution in [0.25, 0.3) is 6.08 Å². The molecule has 0 spiro atoms. The first-order valence-electron chi connectivity index (χ1n) is 10.7.